The van der Waals surface area contributed by atoms with Crippen molar-refractivity contribution in [2.45, 2.75) is 20.8 Å². The summed E-state index contributed by atoms with van der Waals surface area (Å²) in [4.78, 5) is 24.0. The van der Waals surface area contributed by atoms with Crippen LogP contribution in [0.15, 0.2) is 30.3 Å². The number of carbonyl (C=O) groups excluding carboxylic acids is 1. The number of rotatable bonds is 5. The van der Waals surface area contributed by atoms with E-state index in [9.17, 15) is 4.79 Å². The van der Waals surface area contributed by atoms with E-state index >= 15 is 0 Å². The third kappa shape index (κ3) is 4.66. The number of amides is 1. The number of carbonyl (C=O) groups is 1. The van der Waals surface area contributed by atoms with Gasteiger partial charge in [0.25, 0.3) is 5.91 Å². The maximum Gasteiger partial charge on any atom is 0.259 e. The number of benzene rings is 1. The van der Waals surface area contributed by atoms with Gasteiger partial charge < -0.3 is 20.3 Å². The zero-order chi connectivity index (χ0) is 22.0. The molecule has 0 spiro atoms. The summed E-state index contributed by atoms with van der Waals surface area (Å²) in [5.41, 5.74) is 4.59. The fourth-order valence-electron chi connectivity index (χ4n) is 3.62. The molecule has 2 aromatic heterocycles. The summed E-state index contributed by atoms with van der Waals surface area (Å²) >= 11 is 0. The molecule has 1 saturated heterocycles. The van der Waals surface area contributed by atoms with Gasteiger partial charge in [-0.25, -0.2) is 4.98 Å². The van der Waals surface area contributed by atoms with Crippen molar-refractivity contribution < 1.29 is 9.53 Å². The van der Waals surface area contributed by atoms with Crippen molar-refractivity contribution in [3.8, 4) is 0 Å². The van der Waals surface area contributed by atoms with Crippen LogP contribution in [0.1, 0.15) is 27.4 Å². The SMILES string of the molecule is Cc1cc(N2CCOCC2)nc(Nc2ccc(NC(=O)c3c(C)nn(C)c3C)cc2)n1. The van der Waals surface area contributed by atoms with Gasteiger partial charge in [-0.15, -0.1) is 0 Å². The fraction of sp³-hybridized carbons (Fsp3) is 0.364. The van der Waals surface area contributed by atoms with Crippen LogP contribution in [-0.4, -0.2) is 52.0 Å². The maximum absolute atomic E-state index is 12.7. The van der Waals surface area contributed by atoms with Crippen LogP contribution in [0.25, 0.3) is 0 Å². The van der Waals surface area contributed by atoms with Gasteiger partial charge in [0.2, 0.25) is 5.95 Å². The van der Waals surface area contributed by atoms with E-state index < -0.39 is 0 Å². The standard InChI is InChI=1S/C22H27N7O2/c1-14-13-19(29-9-11-31-12-10-29)26-22(23-14)25-18-7-5-17(6-8-18)24-21(30)20-15(2)27-28(4)16(20)3/h5-8,13H,9-12H2,1-4H3,(H,24,30)(H,23,25,26). The quantitative estimate of drug-likeness (QED) is 0.654. The molecule has 0 aliphatic carbocycles. The highest BCUT2D eigenvalue weighted by Crippen LogP contribution is 2.21. The van der Waals surface area contributed by atoms with Crippen molar-refractivity contribution in [2.24, 2.45) is 7.05 Å². The summed E-state index contributed by atoms with van der Waals surface area (Å²) in [5.74, 6) is 1.27. The molecule has 162 valence electrons. The van der Waals surface area contributed by atoms with Gasteiger partial charge in [-0.05, 0) is 45.0 Å². The molecule has 0 radical (unpaired) electrons. The smallest absolute Gasteiger partial charge is 0.259 e. The van der Waals surface area contributed by atoms with Crippen LogP contribution in [0.3, 0.4) is 0 Å². The second-order valence-corrected chi connectivity index (χ2v) is 7.62. The van der Waals surface area contributed by atoms with E-state index in [2.05, 4.69) is 30.6 Å². The van der Waals surface area contributed by atoms with Crippen LogP contribution in [0, 0.1) is 20.8 Å². The second kappa shape index (κ2) is 8.73. The zero-order valence-corrected chi connectivity index (χ0v) is 18.3. The summed E-state index contributed by atoms with van der Waals surface area (Å²) in [5, 5.41) is 10.5. The summed E-state index contributed by atoms with van der Waals surface area (Å²) < 4.78 is 7.14. The van der Waals surface area contributed by atoms with Crippen LogP contribution >= 0.6 is 0 Å². The Morgan fingerprint density at radius 1 is 1.03 bits per heavy atom. The van der Waals surface area contributed by atoms with Crippen LogP contribution in [0.2, 0.25) is 0 Å². The molecular weight excluding hydrogens is 394 g/mol. The van der Waals surface area contributed by atoms with Crippen molar-refractivity contribution in [3.63, 3.8) is 0 Å². The topological polar surface area (TPSA) is 97.2 Å². The van der Waals surface area contributed by atoms with E-state index in [1.54, 1.807) is 4.68 Å². The number of hydrogen-bond acceptors (Lipinski definition) is 7. The molecule has 3 heterocycles. The lowest BCUT2D eigenvalue weighted by atomic mass is 10.2. The van der Waals surface area contributed by atoms with Gasteiger partial charge in [0, 0.05) is 49.0 Å². The van der Waals surface area contributed by atoms with E-state index in [-0.39, 0.29) is 5.91 Å². The van der Waals surface area contributed by atoms with Gasteiger partial charge in [-0.2, -0.15) is 10.1 Å². The molecule has 0 bridgehead atoms. The summed E-state index contributed by atoms with van der Waals surface area (Å²) in [6.07, 6.45) is 0. The fourth-order valence-corrected chi connectivity index (χ4v) is 3.62. The van der Waals surface area contributed by atoms with Gasteiger partial charge in [0.1, 0.15) is 5.82 Å². The molecule has 31 heavy (non-hydrogen) atoms. The third-order valence-electron chi connectivity index (χ3n) is 5.31. The average Bonchev–Trinajstić information content (AvgIpc) is 3.01. The van der Waals surface area contributed by atoms with E-state index in [0.717, 1.165) is 36.0 Å². The first kappa shape index (κ1) is 20.8. The molecule has 1 fully saturated rings. The first-order valence-electron chi connectivity index (χ1n) is 10.3. The Kier molecular flexibility index (Phi) is 5.85. The first-order valence-corrected chi connectivity index (χ1v) is 10.3. The predicted octanol–water partition coefficient (Wildman–Crippen LogP) is 2.97. The van der Waals surface area contributed by atoms with E-state index in [1.807, 2.05) is 58.2 Å². The van der Waals surface area contributed by atoms with Crippen molar-refractivity contribution in [1.29, 1.82) is 0 Å². The number of nitrogens with one attached hydrogen (secondary N) is 2. The molecule has 1 aromatic carbocycles. The zero-order valence-electron chi connectivity index (χ0n) is 18.3. The third-order valence-corrected chi connectivity index (χ3v) is 5.31. The summed E-state index contributed by atoms with van der Waals surface area (Å²) in [6.45, 7) is 8.73. The minimum absolute atomic E-state index is 0.166. The maximum atomic E-state index is 12.7. The molecule has 4 rings (SSSR count). The minimum atomic E-state index is -0.166. The van der Waals surface area contributed by atoms with Crippen molar-refractivity contribution in [3.05, 3.63) is 53.0 Å². The van der Waals surface area contributed by atoms with Crippen LogP contribution in [0.4, 0.5) is 23.1 Å². The monoisotopic (exact) mass is 421 g/mol. The normalized spacial score (nSPS) is 13.9. The van der Waals surface area contributed by atoms with Gasteiger partial charge in [0.05, 0.1) is 24.5 Å². The summed E-state index contributed by atoms with van der Waals surface area (Å²) in [7, 11) is 1.83. The highest BCUT2D eigenvalue weighted by Gasteiger charge is 2.17. The van der Waals surface area contributed by atoms with E-state index in [1.165, 1.54) is 0 Å². The van der Waals surface area contributed by atoms with Gasteiger partial charge in [-0.3, -0.25) is 9.48 Å². The molecule has 9 heteroatoms. The Morgan fingerprint density at radius 2 is 1.71 bits per heavy atom. The number of anilines is 4. The Balaban J connectivity index is 1.45. The Bertz CT molecular complexity index is 1090. The van der Waals surface area contributed by atoms with Crippen LogP contribution in [-0.2, 0) is 11.8 Å². The number of ether oxygens (including phenoxy) is 1. The molecule has 0 saturated carbocycles. The molecule has 3 aromatic rings. The lowest BCUT2D eigenvalue weighted by molar-refractivity contribution is 0.102. The molecule has 1 aliphatic heterocycles. The number of aromatic nitrogens is 4. The average molecular weight is 422 g/mol. The van der Waals surface area contributed by atoms with E-state index in [0.29, 0.717) is 36.1 Å². The highest BCUT2D eigenvalue weighted by atomic mass is 16.5. The van der Waals surface area contributed by atoms with Gasteiger partial charge in [-0.1, -0.05) is 0 Å². The van der Waals surface area contributed by atoms with Crippen molar-refractivity contribution >= 4 is 29.0 Å². The molecule has 0 unspecified atom stereocenters. The van der Waals surface area contributed by atoms with Gasteiger partial charge >= 0.3 is 0 Å². The molecule has 1 amide bonds. The summed E-state index contributed by atoms with van der Waals surface area (Å²) in [6, 6.07) is 9.45. The predicted molar refractivity (Wildman–Crippen MR) is 120 cm³/mol. The lowest BCUT2D eigenvalue weighted by Crippen LogP contribution is -2.36. The largest absolute Gasteiger partial charge is 0.378 e. The van der Waals surface area contributed by atoms with Gasteiger partial charge in [0.15, 0.2) is 0 Å². The Hall–Kier alpha value is -3.46. The number of aryl methyl sites for hydroxylation is 3. The number of morpholine rings is 1. The highest BCUT2D eigenvalue weighted by molar-refractivity contribution is 6.05. The molecule has 9 nitrogen and oxygen atoms in total. The minimum Gasteiger partial charge on any atom is -0.378 e. The second-order valence-electron chi connectivity index (χ2n) is 7.62. The van der Waals surface area contributed by atoms with Crippen molar-refractivity contribution in [2.75, 3.05) is 41.8 Å². The number of hydrogen-bond donors (Lipinski definition) is 2. The van der Waals surface area contributed by atoms with Crippen molar-refractivity contribution in [1.82, 2.24) is 19.7 Å². The van der Waals surface area contributed by atoms with E-state index in [4.69, 9.17) is 4.74 Å². The van der Waals surface area contributed by atoms with Crippen LogP contribution in [0.5, 0.6) is 0 Å². The first-order chi connectivity index (χ1) is 14.9. The van der Waals surface area contributed by atoms with Crippen LogP contribution < -0.4 is 15.5 Å². The Morgan fingerprint density at radius 3 is 2.35 bits per heavy atom. The number of nitrogens with zero attached hydrogens (tertiary/aromatic N) is 5. The lowest BCUT2D eigenvalue weighted by Gasteiger charge is -2.28. The molecule has 1 aliphatic rings. The molecule has 0 atom stereocenters. The molecule has 2 N–H and O–H groups in total. The Labute approximate surface area is 181 Å². The molecular formula is C22H27N7O2.